The highest BCUT2D eigenvalue weighted by Crippen LogP contribution is 2.29. The summed E-state index contributed by atoms with van der Waals surface area (Å²) in [6, 6.07) is 6.76. The second kappa shape index (κ2) is 6.09. The van der Waals surface area contributed by atoms with E-state index in [1.807, 2.05) is 0 Å². The zero-order chi connectivity index (χ0) is 14.7. The van der Waals surface area contributed by atoms with E-state index in [-0.39, 0.29) is 23.4 Å². The summed E-state index contributed by atoms with van der Waals surface area (Å²) in [6.07, 6.45) is 0.158. The third kappa shape index (κ3) is 3.01. The van der Waals surface area contributed by atoms with Crippen molar-refractivity contribution < 1.29 is 19.1 Å². The molecule has 0 N–H and O–H groups in total. The van der Waals surface area contributed by atoms with Crippen molar-refractivity contribution in [1.29, 1.82) is 0 Å². The Morgan fingerprint density at radius 3 is 2.55 bits per heavy atom. The molecule has 2 amide bonds. The first-order valence-electron chi connectivity index (χ1n) is 6.17. The number of methoxy groups -OCH3 is 1. The van der Waals surface area contributed by atoms with Gasteiger partial charge >= 0.3 is 0 Å². The third-order valence-electron chi connectivity index (χ3n) is 3.06. The van der Waals surface area contributed by atoms with Gasteiger partial charge in [-0.3, -0.25) is 19.3 Å². The van der Waals surface area contributed by atoms with E-state index in [2.05, 4.69) is 0 Å². The molecule has 1 aliphatic rings. The fourth-order valence-corrected chi connectivity index (χ4v) is 2.74. The number of thioether (sulfide) groups is 1. The number of rotatable bonds is 4. The van der Waals surface area contributed by atoms with Crippen LogP contribution in [0.1, 0.15) is 13.3 Å². The lowest BCUT2D eigenvalue weighted by molar-refractivity contribution is -0.122. The summed E-state index contributed by atoms with van der Waals surface area (Å²) >= 11 is 1.08. The van der Waals surface area contributed by atoms with E-state index >= 15 is 0 Å². The summed E-state index contributed by atoms with van der Waals surface area (Å²) in [5.41, 5.74) is 0.538. The smallest absolute Gasteiger partial charge is 0.238 e. The first-order chi connectivity index (χ1) is 9.52. The van der Waals surface area contributed by atoms with Gasteiger partial charge in [0.1, 0.15) is 5.75 Å². The Balaban J connectivity index is 2.13. The summed E-state index contributed by atoms with van der Waals surface area (Å²) in [5.74, 6) is 0.130. The number of hydrogen-bond donors (Lipinski definition) is 0. The standard InChI is InChI=1S/C14H15NO4S/c1-9(16)20-8-10-7-13(17)15(14(10)18)11-3-5-12(19-2)6-4-11/h3-6,10H,7-8H2,1-2H3. The molecule has 6 heteroatoms. The van der Waals surface area contributed by atoms with Crippen molar-refractivity contribution in [3.8, 4) is 5.75 Å². The fraction of sp³-hybridized carbons (Fsp3) is 0.357. The molecule has 0 saturated carbocycles. The molecule has 1 heterocycles. The van der Waals surface area contributed by atoms with Crippen LogP contribution >= 0.6 is 11.8 Å². The molecular weight excluding hydrogens is 278 g/mol. The summed E-state index contributed by atoms with van der Waals surface area (Å²) in [7, 11) is 1.55. The number of carbonyl (C=O) groups excluding carboxylic acids is 3. The fourth-order valence-electron chi connectivity index (χ4n) is 2.05. The molecule has 106 valence electrons. The van der Waals surface area contributed by atoms with E-state index in [4.69, 9.17) is 4.74 Å². The summed E-state index contributed by atoms with van der Waals surface area (Å²) in [6.45, 7) is 1.45. The van der Waals surface area contributed by atoms with Gasteiger partial charge in [0.05, 0.1) is 18.7 Å². The Morgan fingerprint density at radius 1 is 1.35 bits per heavy atom. The molecular formula is C14H15NO4S. The van der Waals surface area contributed by atoms with Gasteiger partial charge in [0.2, 0.25) is 11.8 Å². The van der Waals surface area contributed by atoms with Crippen molar-refractivity contribution in [3.63, 3.8) is 0 Å². The number of ether oxygens (including phenoxy) is 1. The van der Waals surface area contributed by atoms with E-state index in [1.54, 1.807) is 31.4 Å². The normalized spacial score (nSPS) is 18.5. The molecule has 2 rings (SSSR count). The first-order valence-corrected chi connectivity index (χ1v) is 7.15. The minimum absolute atomic E-state index is 0.0480. The average molecular weight is 293 g/mol. The van der Waals surface area contributed by atoms with Gasteiger partial charge in [-0.2, -0.15) is 0 Å². The summed E-state index contributed by atoms with van der Waals surface area (Å²) < 4.78 is 5.04. The highest BCUT2D eigenvalue weighted by molar-refractivity contribution is 8.13. The summed E-state index contributed by atoms with van der Waals surface area (Å²) in [5, 5.41) is -0.0480. The average Bonchev–Trinajstić information content (AvgIpc) is 2.71. The molecule has 0 bridgehead atoms. The van der Waals surface area contributed by atoms with Crippen LogP contribution < -0.4 is 9.64 Å². The number of anilines is 1. The minimum atomic E-state index is -0.418. The van der Waals surface area contributed by atoms with E-state index in [9.17, 15) is 14.4 Å². The van der Waals surface area contributed by atoms with Gasteiger partial charge < -0.3 is 4.74 Å². The van der Waals surface area contributed by atoms with Crippen LogP contribution in [-0.4, -0.2) is 29.8 Å². The molecule has 0 radical (unpaired) electrons. The molecule has 0 spiro atoms. The second-order valence-corrected chi connectivity index (χ2v) is 5.67. The van der Waals surface area contributed by atoms with Crippen LogP contribution in [0.2, 0.25) is 0 Å². The number of amides is 2. The van der Waals surface area contributed by atoms with Gasteiger partial charge in [-0.1, -0.05) is 11.8 Å². The topological polar surface area (TPSA) is 63.7 Å². The predicted octanol–water partition coefficient (Wildman–Crippen LogP) is 1.85. The largest absolute Gasteiger partial charge is 0.497 e. The molecule has 1 fully saturated rings. The number of nitrogens with zero attached hydrogens (tertiary/aromatic N) is 1. The lowest BCUT2D eigenvalue weighted by Gasteiger charge is -2.15. The number of carbonyl (C=O) groups is 3. The molecule has 1 aromatic rings. The SMILES string of the molecule is COc1ccc(N2C(=O)CC(CSC(C)=O)C2=O)cc1. The molecule has 0 aromatic heterocycles. The predicted molar refractivity (Wildman–Crippen MR) is 76.7 cm³/mol. The minimum Gasteiger partial charge on any atom is -0.497 e. The van der Waals surface area contributed by atoms with Crippen LogP contribution in [-0.2, 0) is 14.4 Å². The molecule has 1 unspecified atom stereocenters. The lowest BCUT2D eigenvalue weighted by atomic mass is 10.1. The van der Waals surface area contributed by atoms with Crippen LogP contribution in [0.5, 0.6) is 5.75 Å². The van der Waals surface area contributed by atoms with Crippen LogP contribution in [0, 0.1) is 5.92 Å². The molecule has 5 nitrogen and oxygen atoms in total. The summed E-state index contributed by atoms with van der Waals surface area (Å²) in [4.78, 5) is 36.3. The molecule has 1 saturated heterocycles. The van der Waals surface area contributed by atoms with Gasteiger partial charge in [0.15, 0.2) is 5.12 Å². The first kappa shape index (κ1) is 14.6. The van der Waals surface area contributed by atoms with Crippen molar-refractivity contribution >= 4 is 34.4 Å². The van der Waals surface area contributed by atoms with Gasteiger partial charge in [0.25, 0.3) is 0 Å². The molecule has 1 atom stereocenters. The molecule has 0 aliphatic carbocycles. The Bertz CT molecular complexity index is 541. The van der Waals surface area contributed by atoms with E-state index < -0.39 is 5.92 Å². The van der Waals surface area contributed by atoms with Crippen LogP contribution in [0.3, 0.4) is 0 Å². The van der Waals surface area contributed by atoms with Gasteiger partial charge in [-0.25, -0.2) is 0 Å². The lowest BCUT2D eigenvalue weighted by Crippen LogP contribution is -2.30. The van der Waals surface area contributed by atoms with Gasteiger partial charge in [0, 0.05) is 19.1 Å². The maximum absolute atomic E-state index is 12.2. The zero-order valence-corrected chi connectivity index (χ0v) is 12.1. The van der Waals surface area contributed by atoms with Gasteiger partial charge in [-0.05, 0) is 24.3 Å². The highest BCUT2D eigenvalue weighted by Gasteiger charge is 2.39. The molecule has 20 heavy (non-hydrogen) atoms. The number of imide groups is 1. The van der Waals surface area contributed by atoms with E-state index in [0.717, 1.165) is 11.8 Å². The Morgan fingerprint density at radius 2 is 2.00 bits per heavy atom. The second-order valence-electron chi connectivity index (χ2n) is 4.47. The zero-order valence-electron chi connectivity index (χ0n) is 11.3. The van der Waals surface area contributed by atoms with Crippen molar-refractivity contribution in [2.24, 2.45) is 5.92 Å². The molecule has 1 aromatic carbocycles. The van der Waals surface area contributed by atoms with Crippen LogP contribution in [0.4, 0.5) is 5.69 Å². The quantitative estimate of drug-likeness (QED) is 0.793. The maximum Gasteiger partial charge on any atom is 0.238 e. The monoisotopic (exact) mass is 293 g/mol. The van der Waals surface area contributed by atoms with Crippen molar-refractivity contribution in [1.82, 2.24) is 0 Å². The third-order valence-corrected chi connectivity index (χ3v) is 4.03. The van der Waals surface area contributed by atoms with Crippen molar-refractivity contribution in [3.05, 3.63) is 24.3 Å². The van der Waals surface area contributed by atoms with E-state index in [0.29, 0.717) is 17.2 Å². The molecule has 1 aliphatic heterocycles. The maximum atomic E-state index is 12.2. The Labute approximate surface area is 121 Å². The Hall–Kier alpha value is -1.82. The van der Waals surface area contributed by atoms with Gasteiger partial charge in [-0.15, -0.1) is 0 Å². The number of hydrogen-bond acceptors (Lipinski definition) is 5. The van der Waals surface area contributed by atoms with Crippen molar-refractivity contribution in [2.75, 3.05) is 17.8 Å². The van der Waals surface area contributed by atoms with Crippen molar-refractivity contribution in [2.45, 2.75) is 13.3 Å². The van der Waals surface area contributed by atoms with Crippen LogP contribution in [0.15, 0.2) is 24.3 Å². The van der Waals surface area contributed by atoms with Crippen LogP contribution in [0.25, 0.3) is 0 Å². The Kier molecular flexibility index (Phi) is 4.44. The number of benzene rings is 1. The van der Waals surface area contributed by atoms with E-state index in [1.165, 1.54) is 11.8 Å². The highest BCUT2D eigenvalue weighted by atomic mass is 32.2.